The lowest BCUT2D eigenvalue weighted by Crippen LogP contribution is -2.36. The van der Waals surface area contributed by atoms with Gasteiger partial charge in [0.25, 0.3) is 0 Å². The van der Waals surface area contributed by atoms with Crippen molar-refractivity contribution < 1.29 is 17.3 Å². The SMILES string of the molecule is C[C@@H]1Oc2nc3ccccc3cc2[C@H]1NS(=O)(=O)OCC(Cl)(Cl)Cl. The van der Waals surface area contributed by atoms with Crippen LogP contribution in [0.4, 0.5) is 0 Å². The van der Waals surface area contributed by atoms with Crippen LogP contribution in [0.2, 0.25) is 0 Å². The Morgan fingerprint density at radius 3 is 2.75 bits per heavy atom. The average Bonchev–Trinajstić information content (AvgIpc) is 2.77. The summed E-state index contributed by atoms with van der Waals surface area (Å²) < 4.78 is 35.1. The highest BCUT2D eigenvalue weighted by atomic mass is 35.6. The minimum Gasteiger partial charge on any atom is -0.472 e. The van der Waals surface area contributed by atoms with E-state index >= 15 is 0 Å². The molecule has 0 saturated heterocycles. The Labute approximate surface area is 154 Å². The Bertz CT molecular complexity index is 870. The molecule has 1 N–H and O–H groups in total. The molecule has 2 aromatic rings. The number of nitrogens with zero attached hydrogens (tertiary/aromatic N) is 1. The summed E-state index contributed by atoms with van der Waals surface area (Å²) in [6, 6.07) is 8.66. The van der Waals surface area contributed by atoms with Crippen LogP contribution < -0.4 is 9.46 Å². The monoisotopic (exact) mass is 410 g/mol. The predicted molar refractivity (Wildman–Crippen MR) is 92.9 cm³/mol. The summed E-state index contributed by atoms with van der Waals surface area (Å²) in [6.45, 7) is 1.13. The molecule has 1 aromatic heterocycles. The maximum absolute atomic E-state index is 12.1. The normalized spacial score (nSPS) is 20.8. The van der Waals surface area contributed by atoms with Crippen molar-refractivity contribution in [1.29, 1.82) is 0 Å². The van der Waals surface area contributed by atoms with Crippen LogP contribution in [-0.4, -0.2) is 29.9 Å². The van der Waals surface area contributed by atoms with Crippen molar-refractivity contribution >= 4 is 56.0 Å². The van der Waals surface area contributed by atoms with E-state index in [1.54, 1.807) is 6.92 Å². The highest BCUT2D eigenvalue weighted by Crippen LogP contribution is 2.37. The number of halogens is 3. The van der Waals surface area contributed by atoms with Crippen molar-refractivity contribution in [2.75, 3.05) is 6.61 Å². The number of benzene rings is 1. The lowest BCUT2D eigenvalue weighted by Gasteiger charge is -2.17. The number of ether oxygens (including phenoxy) is 1. The molecular weight excluding hydrogens is 399 g/mol. The van der Waals surface area contributed by atoms with Gasteiger partial charge >= 0.3 is 10.3 Å². The number of fused-ring (bicyclic) bond motifs is 2. The summed E-state index contributed by atoms with van der Waals surface area (Å²) in [5.41, 5.74) is 1.39. The molecule has 1 aliphatic rings. The fourth-order valence-electron chi connectivity index (χ4n) is 2.42. The summed E-state index contributed by atoms with van der Waals surface area (Å²) in [7, 11) is -4.14. The first-order chi connectivity index (χ1) is 11.1. The third kappa shape index (κ3) is 4.04. The van der Waals surface area contributed by atoms with Crippen LogP contribution in [0, 0.1) is 0 Å². The number of rotatable bonds is 4. The second kappa shape index (κ2) is 6.48. The quantitative estimate of drug-likeness (QED) is 0.781. The Morgan fingerprint density at radius 2 is 2.04 bits per heavy atom. The van der Waals surface area contributed by atoms with E-state index in [4.69, 9.17) is 43.7 Å². The van der Waals surface area contributed by atoms with E-state index in [0.717, 1.165) is 10.9 Å². The molecule has 24 heavy (non-hydrogen) atoms. The smallest absolute Gasteiger partial charge is 0.336 e. The standard InChI is InChI=1S/C14H13Cl3N2O4S/c1-8-12(19-24(20,21)22-7-14(15,16)17)10-6-9-4-2-3-5-11(9)18-13(10)23-8/h2-6,8,12,19H,7H2,1H3/t8-,12-/m0/s1. The van der Waals surface area contributed by atoms with Crippen molar-refractivity contribution in [2.24, 2.45) is 0 Å². The summed E-state index contributed by atoms with van der Waals surface area (Å²) in [5, 5.41) is 0.875. The molecule has 0 fully saturated rings. The number of para-hydroxylation sites is 1. The van der Waals surface area contributed by atoms with Gasteiger partial charge in [-0.3, -0.25) is 4.18 Å². The maximum atomic E-state index is 12.1. The Hall–Kier alpha value is -0.830. The molecule has 10 heteroatoms. The van der Waals surface area contributed by atoms with Crippen LogP contribution in [0.5, 0.6) is 5.88 Å². The zero-order chi connectivity index (χ0) is 17.5. The summed E-state index contributed by atoms with van der Waals surface area (Å²) in [6.07, 6.45) is -0.463. The average molecular weight is 412 g/mol. The van der Waals surface area contributed by atoms with E-state index in [0.29, 0.717) is 11.4 Å². The van der Waals surface area contributed by atoms with Gasteiger partial charge in [0.05, 0.1) is 11.6 Å². The highest BCUT2D eigenvalue weighted by molar-refractivity contribution is 7.84. The highest BCUT2D eigenvalue weighted by Gasteiger charge is 2.36. The zero-order valence-electron chi connectivity index (χ0n) is 12.4. The van der Waals surface area contributed by atoms with Crippen molar-refractivity contribution in [3.8, 4) is 5.88 Å². The topological polar surface area (TPSA) is 77.5 Å². The number of alkyl halides is 3. The molecule has 0 radical (unpaired) electrons. The van der Waals surface area contributed by atoms with Crippen molar-refractivity contribution in [3.05, 3.63) is 35.9 Å². The first-order valence-corrected chi connectivity index (χ1v) is 9.49. The summed E-state index contributed by atoms with van der Waals surface area (Å²) >= 11 is 16.5. The fourth-order valence-corrected chi connectivity index (χ4v) is 3.81. The molecule has 0 aliphatic carbocycles. The van der Waals surface area contributed by atoms with Gasteiger partial charge in [-0.1, -0.05) is 53.0 Å². The Kier molecular flexibility index (Phi) is 4.85. The first kappa shape index (κ1) is 18.0. The molecule has 0 amide bonds. The van der Waals surface area contributed by atoms with E-state index < -0.39 is 32.8 Å². The Morgan fingerprint density at radius 1 is 1.33 bits per heavy atom. The van der Waals surface area contributed by atoms with Crippen molar-refractivity contribution in [1.82, 2.24) is 9.71 Å². The van der Waals surface area contributed by atoms with E-state index in [1.807, 2.05) is 30.3 Å². The lowest BCUT2D eigenvalue weighted by atomic mass is 10.1. The van der Waals surface area contributed by atoms with Crippen LogP contribution in [0.25, 0.3) is 10.9 Å². The van der Waals surface area contributed by atoms with Gasteiger partial charge in [0.2, 0.25) is 9.67 Å². The number of aromatic nitrogens is 1. The van der Waals surface area contributed by atoms with E-state index in [-0.39, 0.29) is 0 Å². The molecule has 1 aliphatic heterocycles. The van der Waals surface area contributed by atoms with E-state index in [1.165, 1.54) is 0 Å². The van der Waals surface area contributed by atoms with Crippen LogP contribution in [0.3, 0.4) is 0 Å². The van der Waals surface area contributed by atoms with Crippen LogP contribution in [-0.2, 0) is 14.5 Å². The van der Waals surface area contributed by atoms with Gasteiger partial charge in [-0.2, -0.15) is 13.1 Å². The molecule has 1 aromatic carbocycles. The van der Waals surface area contributed by atoms with E-state index in [9.17, 15) is 8.42 Å². The molecule has 2 heterocycles. The molecule has 0 bridgehead atoms. The third-order valence-electron chi connectivity index (χ3n) is 3.47. The zero-order valence-corrected chi connectivity index (χ0v) is 15.5. The third-order valence-corrected chi connectivity index (χ3v) is 4.77. The molecule has 3 rings (SSSR count). The molecular formula is C14H13Cl3N2O4S. The summed E-state index contributed by atoms with van der Waals surface area (Å²) in [4.78, 5) is 4.41. The number of pyridine rings is 1. The largest absolute Gasteiger partial charge is 0.472 e. The molecule has 6 nitrogen and oxygen atoms in total. The van der Waals surface area contributed by atoms with Gasteiger partial charge in [-0.05, 0) is 19.1 Å². The molecule has 0 spiro atoms. The molecule has 0 unspecified atom stereocenters. The van der Waals surface area contributed by atoms with Crippen LogP contribution in [0.15, 0.2) is 30.3 Å². The van der Waals surface area contributed by atoms with Gasteiger partial charge in [-0.15, -0.1) is 0 Å². The molecule has 130 valence electrons. The maximum Gasteiger partial charge on any atom is 0.336 e. The molecule has 2 atom stereocenters. The van der Waals surface area contributed by atoms with Crippen molar-refractivity contribution in [3.63, 3.8) is 0 Å². The number of nitrogens with one attached hydrogen (secondary N) is 1. The Balaban J connectivity index is 1.87. The minimum atomic E-state index is -4.14. The van der Waals surface area contributed by atoms with Gasteiger partial charge in [-0.25, -0.2) is 4.98 Å². The summed E-state index contributed by atoms with van der Waals surface area (Å²) in [5.74, 6) is 0.385. The minimum absolute atomic E-state index is 0.385. The van der Waals surface area contributed by atoms with Gasteiger partial charge in [0.1, 0.15) is 12.7 Å². The van der Waals surface area contributed by atoms with Gasteiger partial charge < -0.3 is 4.74 Å². The van der Waals surface area contributed by atoms with Crippen LogP contribution in [0.1, 0.15) is 18.5 Å². The van der Waals surface area contributed by atoms with Crippen molar-refractivity contribution in [2.45, 2.75) is 22.9 Å². The predicted octanol–water partition coefficient (Wildman–Crippen LogP) is 3.28. The van der Waals surface area contributed by atoms with Crippen LogP contribution >= 0.6 is 34.8 Å². The molecule has 0 saturated carbocycles. The van der Waals surface area contributed by atoms with E-state index in [2.05, 4.69) is 9.71 Å². The second-order valence-corrected chi connectivity index (χ2v) is 9.22. The van der Waals surface area contributed by atoms with Gasteiger partial charge in [0.15, 0.2) is 0 Å². The number of hydrogen-bond donors (Lipinski definition) is 1. The van der Waals surface area contributed by atoms with Gasteiger partial charge in [0, 0.05) is 10.9 Å². The second-order valence-electron chi connectivity index (χ2n) is 5.33. The first-order valence-electron chi connectivity index (χ1n) is 6.94. The number of hydrogen-bond acceptors (Lipinski definition) is 5. The lowest BCUT2D eigenvalue weighted by molar-refractivity contribution is 0.210. The fraction of sp³-hybridized carbons (Fsp3) is 0.357.